The lowest BCUT2D eigenvalue weighted by molar-refractivity contribution is -0.120. The highest BCUT2D eigenvalue weighted by atomic mass is 32.1. The molecule has 2 aliphatic rings. The smallest absolute Gasteiger partial charge is 0.227 e. The van der Waals surface area contributed by atoms with Crippen molar-refractivity contribution in [2.75, 3.05) is 10.6 Å². The number of hydrogen-bond donors (Lipinski definition) is 2. The summed E-state index contributed by atoms with van der Waals surface area (Å²) in [6.45, 7) is 2.77. The maximum absolute atomic E-state index is 13.0. The number of carbonyl (C=O) groups excluding carboxylic acids is 1. The number of carbonyl (C=O) groups is 1. The minimum Gasteiger partial charge on any atom is -0.340 e. The molecular weight excluding hydrogens is 430 g/mol. The van der Waals surface area contributed by atoms with E-state index in [1.807, 2.05) is 37.4 Å². The number of thiophene rings is 1. The van der Waals surface area contributed by atoms with Gasteiger partial charge in [0, 0.05) is 28.4 Å². The number of benzene rings is 2. The average molecular weight is 454 g/mol. The molecule has 4 aromatic rings. The van der Waals surface area contributed by atoms with Crippen molar-refractivity contribution in [3.63, 3.8) is 0 Å². The third-order valence-electron chi connectivity index (χ3n) is 6.52. The molecule has 2 N–H and O–H groups in total. The third-order valence-corrected chi connectivity index (χ3v) is 7.68. The van der Waals surface area contributed by atoms with Gasteiger partial charge in [0.25, 0.3) is 0 Å². The standard InChI is InChI=1S/C26H23N5OS/c1-15-4-2-3-5-21(15)31-25(32)16-7-9-20-22(11-16)33-26-23(20)24(28-14-29-26)30-19-8-6-17-12-27-13-18(17)10-19/h2-6,8,10,13-14,16H,7,9,11-12H2,1H3,(H,31,32)(H,28,29,30). The summed E-state index contributed by atoms with van der Waals surface area (Å²) in [6.07, 6.45) is 5.94. The molecule has 1 aliphatic heterocycles. The Kier molecular flexibility index (Phi) is 4.91. The van der Waals surface area contributed by atoms with Crippen LogP contribution in [-0.4, -0.2) is 22.1 Å². The SMILES string of the molecule is Cc1ccccc1NC(=O)C1CCc2c(sc3ncnc(Nc4ccc5c(c4)C=NC5)c23)C1. The predicted octanol–water partition coefficient (Wildman–Crippen LogP) is 5.42. The van der Waals surface area contributed by atoms with Crippen LogP contribution in [0.1, 0.15) is 33.6 Å². The van der Waals surface area contributed by atoms with E-state index >= 15 is 0 Å². The second kappa shape index (κ2) is 8.08. The lowest BCUT2D eigenvalue weighted by atomic mass is 9.87. The van der Waals surface area contributed by atoms with Crippen molar-refractivity contribution in [2.45, 2.75) is 32.7 Å². The first kappa shape index (κ1) is 20.1. The Morgan fingerprint density at radius 2 is 2.06 bits per heavy atom. The Labute approximate surface area is 195 Å². The molecular formula is C26H23N5OS. The van der Waals surface area contributed by atoms with Crippen LogP contribution < -0.4 is 10.6 Å². The molecule has 0 spiro atoms. The van der Waals surface area contributed by atoms with Crippen LogP contribution in [0, 0.1) is 12.8 Å². The van der Waals surface area contributed by atoms with Crippen LogP contribution in [0.4, 0.5) is 17.2 Å². The molecule has 0 bridgehead atoms. The highest BCUT2D eigenvalue weighted by molar-refractivity contribution is 7.19. The fraction of sp³-hybridized carbons (Fsp3) is 0.231. The molecule has 1 aliphatic carbocycles. The fourth-order valence-electron chi connectivity index (χ4n) is 4.69. The molecule has 0 saturated carbocycles. The number of anilines is 3. The molecule has 1 atom stereocenters. The van der Waals surface area contributed by atoms with E-state index < -0.39 is 0 Å². The van der Waals surface area contributed by atoms with E-state index in [9.17, 15) is 4.79 Å². The number of aromatic nitrogens is 2. The van der Waals surface area contributed by atoms with Gasteiger partial charge in [-0.25, -0.2) is 9.97 Å². The number of hydrogen-bond acceptors (Lipinski definition) is 6. The first-order valence-electron chi connectivity index (χ1n) is 11.2. The van der Waals surface area contributed by atoms with Gasteiger partial charge in [0.2, 0.25) is 5.91 Å². The van der Waals surface area contributed by atoms with Crippen LogP contribution >= 0.6 is 11.3 Å². The molecule has 164 valence electrons. The maximum Gasteiger partial charge on any atom is 0.227 e. The van der Waals surface area contributed by atoms with E-state index in [2.05, 4.69) is 43.8 Å². The van der Waals surface area contributed by atoms with Crippen molar-refractivity contribution in [3.05, 3.63) is 75.9 Å². The van der Waals surface area contributed by atoms with Gasteiger partial charge in [-0.1, -0.05) is 24.3 Å². The van der Waals surface area contributed by atoms with Gasteiger partial charge in [0.1, 0.15) is 17.0 Å². The van der Waals surface area contributed by atoms with Gasteiger partial charge < -0.3 is 10.6 Å². The van der Waals surface area contributed by atoms with E-state index in [0.717, 1.165) is 64.3 Å². The number of aryl methyl sites for hydroxylation is 2. The molecule has 3 heterocycles. The molecule has 0 fully saturated rings. The first-order chi connectivity index (χ1) is 16.2. The Balaban J connectivity index is 1.27. The molecule has 2 aromatic heterocycles. The molecule has 0 saturated heterocycles. The molecule has 33 heavy (non-hydrogen) atoms. The Morgan fingerprint density at radius 1 is 1.15 bits per heavy atom. The van der Waals surface area contributed by atoms with Crippen molar-refractivity contribution in [2.24, 2.45) is 10.9 Å². The summed E-state index contributed by atoms with van der Waals surface area (Å²) in [6, 6.07) is 14.2. The summed E-state index contributed by atoms with van der Waals surface area (Å²) >= 11 is 1.68. The van der Waals surface area contributed by atoms with Crippen molar-refractivity contribution >= 4 is 50.9 Å². The number of nitrogens with one attached hydrogen (secondary N) is 2. The summed E-state index contributed by atoms with van der Waals surface area (Å²) in [5.74, 6) is 0.886. The Morgan fingerprint density at radius 3 is 2.97 bits per heavy atom. The zero-order chi connectivity index (χ0) is 22.4. The number of nitrogens with zero attached hydrogens (tertiary/aromatic N) is 3. The van der Waals surface area contributed by atoms with E-state index in [-0.39, 0.29) is 11.8 Å². The zero-order valence-electron chi connectivity index (χ0n) is 18.3. The van der Waals surface area contributed by atoms with E-state index in [0.29, 0.717) is 0 Å². The Hall–Kier alpha value is -3.58. The normalized spacial score (nSPS) is 16.5. The van der Waals surface area contributed by atoms with E-state index in [1.165, 1.54) is 16.0 Å². The molecule has 1 unspecified atom stereocenters. The van der Waals surface area contributed by atoms with Crippen LogP contribution in [0.15, 0.2) is 53.8 Å². The van der Waals surface area contributed by atoms with Gasteiger partial charge in [0.05, 0.1) is 11.9 Å². The van der Waals surface area contributed by atoms with Crippen LogP contribution in [0.2, 0.25) is 0 Å². The van der Waals surface area contributed by atoms with E-state index in [4.69, 9.17) is 0 Å². The van der Waals surface area contributed by atoms with Crippen molar-refractivity contribution in [1.29, 1.82) is 0 Å². The quantitative estimate of drug-likeness (QED) is 0.432. The highest BCUT2D eigenvalue weighted by Gasteiger charge is 2.29. The molecule has 6 nitrogen and oxygen atoms in total. The monoisotopic (exact) mass is 453 g/mol. The van der Waals surface area contributed by atoms with Gasteiger partial charge >= 0.3 is 0 Å². The van der Waals surface area contributed by atoms with Crippen LogP contribution in [0.5, 0.6) is 0 Å². The molecule has 1 amide bonds. The molecule has 0 radical (unpaired) electrons. The summed E-state index contributed by atoms with van der Waals surface area (Å²) in [5, 5.41) is 7.71. The number of para-hydroxylation sites is 1. The number of rotatable bonds is 4. The lowest BCUT2D eigenvalue weighted by Crippen LogP contribution is -2.27. The van der Waals surface area contributed by atoms with Crippen LogP contribution in [-0.2, 0) is 24.2 Å². The van der Waals surface area contributed by atoms with Gasteiger partial charge in [-0.15, -0.1) is 11.3 Å². The third kappa shape index (κ3) is 3.68. The zero-order valence-corrected chi connectivity index (χ0v) is 19.1. The van der Waals surface area contributed by atoms with Gasteiger partial charge in [-0.3, -0.25) is 9.79 Å². The molecule has 7 heteroatoms. The van der Waals surface area contributed by atoms with Crippen LogP contribution in [0.25, 0.3) is 10.2 Å². The summed E-state index contributed by atoms with van der Waals surface area (Å²) in [7, 11) is 0. The minimum absolute atomic E-state index is 0.0365. The van der Waals surface area contributed by atoms with Gasteiger partial charge in [0.15, 0.2) is 0 Å². The average Bonchev–Trinajstić information content (AvgIpc) is 3.44. The number of fused-ring (bicyclic) bond motifs is 4. The van der Waals surface area contributed by atoms with E-state index in [1.54, 1.807) is 17.7 Å². The molecule has 6 rings (SSSR count). The highest BCUT2D eigenvalue weighted by Crippen LogP contribution is 2.40. The summed E-state index contributed by atoms with van der Waals surface area (Å²) in [4.78, 5) is 28.7. The van der Waals surface area contributed by atoms with Gasteiger partial charge in [-0.2, -0.15) is 0 Å². The van der Waals surface area contributed by atoms with Crippen molar-refractivity contribution in [1.82, 2.24) is 9.97 Å². The largest absolute Gasteiger partial charge is 0.340 e. The summed E-state index contributed by atoms with van der Waals surface area (Å²) in [5.41, 5.74) is 6.64. The lowest BCUT2D eigenvalue weighted by Gasteiger charge is -2.22. The molecule has 2 aromatic carbocycles. The van der Waals surface area contributed by atoms with Crippen molar-refractivity contribution < 1.29 is 4.79 Å². The topological polar surface area (TPSA) is 79.3 Å². The van der Waals surface area contributed by atoms with Crippen molar-refractivity contribution in [3.8, 4) is 0 Å². The predicted molar refractivity (Wildman–Crippen MR) is 134 cm³/mol. The second-order valence-electron chi connectivity index (χ2n) is 8.66. The summed E-state index contributed by atoms with van der Waals surface area (Å²) < 4.78 is 0. The number of aliphatic imine (C=N–C) groups is 1. The number of amides is 1. The minimum atomic E-state index is -0.0365. The van der Waals surface area contributed by atoms with Gasteiger partial charge in [-0.05, 0) is 66.6 Å². The van der Waals surface area contributed by atoms with Crippen LogP contribution in [0.3, 0.4) is 0 Å². The second-order valence-corrected chi connectivity index (χ2v) is 9.74. The Bertz CT molecular complexity index is 1420. The maximum atomic E-state index is 13.0. The first-order valence-corrected chi connectivity index (χ1v) is 12.0. The fourth-order valence-corrected chi connectivity index (χ4v) is 5.96.